The van der Waals surface area contributed by atoms with E-state index < -0.39 is 0 Å². The monoisotopic (exact) mass is 371 g/mol. The molecule has 6 heteroatoms. The van der Waals surface area contributed by atoms with Gasteiger partial charge in [0.1, 0.15) is 0 Å². The van der Waals surface area contributed by atoms with Crippen LogP contribution in [0.4, 0.5) is 11.4 Å². The first-order valence-electron chi connectivity index (χ1n) is 9.80. The Kier molecular flexibility index (Phi) is 6.87. The number of amides is 2. The van der Waals surface area contributed by atoms with Crippen LogP contribution in [0, 0.1) is 11.8 Å². The van der Waals surface area contributed by atoms with Crippen LogP contribution in [0.3, 0.4) is 0 Å². The summed E-state index contributed by atoms with van der Waals surface area (Å²) in [5.74, 6) is 0.105. The second kappa shape index (κ2) is 9.55. The van der Waals surface area contributed by atoms with Gasteiger partial charge >= 0.3 is 0 Å². The summed E-state index contributed by atoms with van der Waals surface area (Å²) in [4.78, 5) is 27.1. The van der Waals surface area contributed by atoms with Crippen LogP contribution in [0.25, 0.3) is 0 Å². The fourth-order valence-electron chi connectivity index (χ4n) is 3.83. The second-order valence-electron chi connectivity index (χ2n) is 7.19. The maximum absolute atomic E-state index is 12.8. The van der Waals surface area contributed by atoms with Crippen molar-refractivity contribution in [1.29, 1.82) is 0 Å². The van der Waals surface area contributed by atoms with E-state index in [-0.39, 0.29) is 23.7 Å². The molecule has 1 heterocycles. The predicted molar refractivity (Wildman–Crippen MR) is 107 cm³/mol. The highest BCUT2D eigenvalue weighted by molar-refractivity contribution is 5.96. The van der Waals surface area contributed by atoms with Crippen molar-refractivity contribution < 1.29 is 14.3 Å². The highest BCUT2D eigenvalue weighted by Gasteiger charge is 2.30. The molecule has 6 nitrogen and oxygen atoms in total. The summed E-state index contributed by atoms with van der Waals surface area (Å²) in [6, 6.07) is 7.94. The molecule has 2 fully saturated rings. The van der Waals surface area contributed by atoms with Crippen molar-refractivity contribution in [1.82, 2.24) is 5.32 Å². The van der Waals surface area contributed by atoms with Crippen molar-refractivity contribution in [2.24, 2.45) is 11.8 Å². The third kappa shape index (κ3) is 5.10. The van der Waals surface area contributed by atoms with Crippen LogP contribution in [0.1, 0.15) is 25.7 Å². The van der Waals surface area contributed by atoms with Gasteiger partial charge in [0, 0.05) is 31.5 Å². The molecular formula is C21H29N3O3. The normalized spacial score (nSPS) is 22.7. The van der Waals surface area contributed by atoms with Gasteiger partial charge in [0.15, 0.2) is 0 Å². The lowest BCUT2D eigenvalue weighted by molar-refractivity contribution is -0.128. The molecule has 1 aliphatic carbocycles. The van der Waals surface area contributed by atoms with Gasteiger partial charge < -0.3 is 20.3 Å². The Hall–Kier alpha value is -2.34. The molecule has 27 heavy (non-hydrogen) atoms. The number of carbonyl (C=O) groups is 2. The number of para-hydroxylation sites is 2. The number of carbonyl (C=O) groups excluding carboxylic acids is 2. The lowest BCUT2D eigenvalue weighted by atomic mass is 9.81. The van der Waals surface area contributed by atoms with Gasteiger partial charge in [0.25, 0.3) is 0 Å². The Labute approximate surface area is 161 Å². The van der Waals surface area contributed by atoms with E-state index in [1.54, 1.807) is 6.08 Å². The van der Waals surface area contributed by atoms with Crippen molar-refractivity contribution in [3.63, 3.8) is 0 Å². The molecule has 1 saturated carbocycles. The summed E-state index contributed by atoms with van der Waals surface area (Å²) in [7, 11) is 0. The fourth-order valence-corrected chi connectivity index (χ4v) is 3.83. The first-order chi connectivity index (χ1) is 13.2. The summed E-state index contributed by atoms with van der Waals surface area (Å²) >= 11 is 0. The number of nitrogens with zero attached hydrogens (tertiary/aromatic N) is 1. The van der Waals surface area contributed by atoms with E-state index in [2.05, 4.69) is 22.1 Å². The summed E-state index contributed by atoms with van der Waals surface area (Å²) in [5, 5.41) is 5.98. The number of ether oxygens (including phenoxy) is 1. The first kappa shape index (κ1) is 19.4. The van der Waals surface area contributed by atoms with E-state index in [4.69, 9.17) is 4.74 Å². The van der Waals surface area contributed by atoms with Crippen molar-refractivity contribution in [2.45, 2.75) is 25.7 Å². The van der Waals surface area contributed by atoms with Gasteiger partial charge in [-0.3, -0.25) is 9.59 Å². The summed E-state index contributed by atoms with van der Waals surface area (Å²) in [6.45, 7) is 7.19. The van der Waals surface area contributed by atoms with Gasteiger partial charge in [-0.15, -0.1) is 6.58 Å². The molecule has 0 spiro atoms. The number of hydrogen-bond acceptors (Lipinski definition) is 4. The minimum atomic E-state index is -0.0359. The van der Waals surface area contributed by atoms with Crippen LogP contribution < -0.4 is 15.5 Å². The Morgan fingerprint density at radius 2 is 1.70 bits per heavy atom. The van der Waals surface area contributed by atoms with Crippen LogP contribution in [-0.4, -0.2) is 44.7 Å². The largest absolute Gasteiger partial charge is 0.378 e. The SMILES string of the molecule is C=CCNC(=O)C1CCC(C(=O)Nc2ccccc2N2CCOCC2)CC1. The van der Waals surface area contributed by atoms with Gasteiger partial charge in [0.2, 0.25) is 11.8 Å². The van der Waals surface area contributed by atoms with Crippen molar-refractivity contribution >= 4 is 23.2 Å². The minimum Gasteiger partial charge on any atom is -0.378 e. The maximum atomic E-state index is 12.8. The zero-order valence-corrected chi connectivity index (χ0v) is 15.8. The third-order valence-corrected chi connectivity index (χ3v) is 5.40. The molecule has 0 unspecified atom stereocenters. The summed E-state index contributed by atoms with van der Waals surface area (Å²) < 4.78 is 5.42. The van der Waals surface area contributed by atoms with Gasteiger partial charge in [-0.2, -0.15) is 0 Å². The molecule has 0 bridgehead atoms. The molecule has 0 aromatic heterocycles. The Morgan fingerprint density at radius 1 is 1.07 bits per heavy atom. The molecule has 0 atom stereocenters. The number of nitrogens with one attached hydrogen (secondary N) is 2. The Balaban J connectivity index is 1.56. The summed E-state index contributed by atoms with van der Waals surface area (Å²) in [6.07, 6.45) is 4.69. The van der Waals surface area contributed by atoms with E-state index in [9.17, 15) is 9.59 Å². The number of morpholine rings is 1. The number of benzene rings is 1. The maximum Gasteiger partial charge on any atom is 0.227 e. The zero-order valence-electron chi connectivity index (χ0n) is 15.8. The number of rotatable bonds is 6. The summed E-state index contributed by atoms with van der Waals surface area (Å²) in [5.41, 5.74) is 1.90. The van der Waals surface area contributed by atoms with E-state index in [0.29, 0.717) is 19.8 Å². The Morgan fingerprint density at radius 3 is 2.37 bits per heavy atom. The third-order valence-electron chi connectivity index (χ3n) is 5.40. The van der Waals surface area contributed by atoms with E-state index in [1.165, 1.54) is 0 Å². The molecular weight excluding hydrogens is 342 g/mol. The zero-order chi connectivity index (χ0) is 19.1. The highest BCUT2D eigenvalue weighted by Crippen LogP contribution is 2.32. The smallest absolute Gasteiger partial charge is 0.227 e. The standard InChI is InChI=1S/C21H29N3O3/c1-2-11-22-20(25)16-7-9-17(10-8-16)21(26)23-18-5-3-4-6-19(18)24-12-14-27-15-13-24/h2-6,16-17H,1,7-15H2,(H,22,25)(H,23,26). The molecule has 0 radical (unpaired) electrons. The quantitative estimate of drug-likeness (QED) is 0.754. The van der Waals surface area contributed by atoms with Crippen LogP contribution in [0.5, 0.6) is 0 Å². The topological polar surface area (TPSA) is 70.7 Å². The lowest BCUT2D eigenvalue weighted by Crippen LogP contribution is -2.37. The second-order valence-corrected chi connectivity index (χ2v) is 7.19. The fraction of sp³-hybridized carbons (Fsp3) is 0.524. The average molecular weight is 371 g/mol. The molecule has 1 aromatic carbocycles. The van der Waals surface area contributed by atoms with Crippen LogP contribution >= 0.6 is 0 Å². The average Bonchev–Trinajstić information content (AvgIpc) is 2.73. The molecule has 1 aliphatic heterocycles. The molecule has 1 aromatic rings. The van der Waals surface area contributed by atoms with E-state index in [0.717, 1.165) is 50.1 Å². The van der Waals surface area contributed by atoms with Crippen molar-refractivity contribution in [3.8, 4) is 0 Å². The first-order valence-corrected chi connectivity index (χ1v) is 9.80. The molecule has 146 valence electrons. The number of hydrogen-bond donors (Lipinski definition) is 2. The van der Waals surface area contributed by atoms with Crippen LogP contribution in [0.2, 0.25) is 0 Å². The Bertz CT molecular complexity index is 662. The predicted octanol–water partition coefficient (Wildman–Crippen LogP) is 2.57. The van der Waals surface area contributed by atoms with Gasteiger partial charge in [-0.05, 0) is 37.8 Å². The van der Waals surface area contributed by atoms with E-state index >= 15 is 0 Å². The lowest BCUT2D eigenvalue weighted by Gasteiger charge is -2.31. The molecule has 2 aliphatic rings. The van der Waals surface area contributed by atoms with Crippen LogP contribution in [-0.2, 0) is 14.3 Å². The van der Waals surface area contributed by atoms with Crippen molar-refractivity contribution in [2.75, 3.05) is 43.1 Å². The molecule has 2 N–H and O–H groups in total. The van der Waals surface area contributed by atoms with Gasteiger partial charge in [-0.1, -0.05) is 18.2 Å². The number of anilines is 2. The highest BCUT2D eigenvalue weighted by atomic mass is 16.5. The van der Waals surface area contributed by atoms with Crippen molar-refractivity contribution in [3.05, 3.63) is 36.9 Å². The van der Waals surface area contributed by atoms with E-state index in [1.807, 2.05) is 24.3 Å². The van der Waals surface area contributed by atoms with Crippen LogP contribution in [0.15, 0.2) is 36.9 Å². The molecule has 2 amide bonds. The minimum absolute atomic E-state index is 0.00892. The van der Waals surface area contributed by atoms with Gasteiger partial charge in [0.05, 0.1) is 24.6 Å². The molecule has 3 rings (SSSR count). The molecule has 1 saturated heterocycles. The van der Waals surface area contributed by atoms with Gasteiger partial charge in [-0.25, -0.2) is 0 Å².